The summed E-state index contributed by atoms with van der Waals surface area (Å²) in [7, 11) is 0. The molecule has 1 amide bonds. The highest BCUT2D eigenvalue weighted by molar-refractivity contribution is 8.00. The third-order valence-corrected chi connectivity index (χ3v) is 6.53. The Labute approximate surface area is 179 Å². The first-order valence-corrected chi connectivity index (χ1v) is 11.1. The fourth-order valence-corrected chi connectivity index (χ4v) is 4.64. The number of carbonyl (C=O) groups is 1. The maximum atomic E-state index is 13.5. The molecule has 3 aromatic rings. The predicted octanol–water partition coefficient (Wildman–Crippen LogP) is 6.45. The molecule has 29 heavy (non-hydrogen) atoms. The average Bonchev–Trinajstić information content (AvgIpc) is 2.76. The van der Waals surface area contributed by atoms with Crippen molar-refractivity contribution in [3.05, 3.63) is 83.4 Å². The van der Waals surface area contributed by atoms with Crippen LogP contribution in [-0.2, 0) is 4.79 Å². The van der Waals surface area contributed by atoms with Crippen molar-refractivity contribution in [1.82, 2.24) is 0 Å². The minimum atomic E-state index is -0.319. The van der Waals surface area contributed by atoms with Crippen molar-refractivity contribution in [1.29, 1.82) is 5.26 Å². The van der Waals surface area contributed by atoms with Crippen molar-refractivity contribution in [2.24, 2.45) is 0 Å². The monoisotopic (exact) mass is 414 g/mol. The molecule has 0 unspecified atom stereocenters. The standard InChI is InChI=1S/C24H18N2OS2/c1-16-7-9-17(10-8-16)13-18(15-25)24(27)26-20-5-3-4-6-22(20)29-23-12-11-19(28-2)14-21(23)26/h3-14H,1-2H3/b18-13+. The zero-order chi connectivity index (χ0) is 20.4. The van der Waals surface area contributed by atoms with Gasteiger partial charge in [-0.05, 0) is 55.2 Å². The number of nitrogens with zero attached hydrogens (tertiary/aromatic N) is 2. The Morgan fingerprint density at radius 1 is 1.03 bits per heavy atom. The van der Waals surface area contributed by atoms with Crippen molar-refractivity contribution in [2.45, 2.75) is 21.6 Å². The van der Waals surface area contributed by atoms with Gasteiger partial charge in [0.1, 0.15) is 11.6 Å². The van der Waals surface area contributed by atoms with Crippen LogP contribution in [0.15, 0.2) is 87.0 Å². The highest BCUT2D eigenvalue weighted by Crippen LogP contribution is 2.49. The summed E-state index contributed by atoms with van der Waals surface area (Å²) in [5.41, 5.74) is 3.69. The summed E-state index contributed by atoms with van der Waals surface area (Å²) < 4.78 is 0. The summed E-state index contributed by atoms with van der Waals surface area (Å²) in [6.45, 7) is 2.01. The van der Waals surface area contributed by atoms with Gasteiger partial charge < -0.3 is 0 Å². The van der Waals surface area contributed by atoms with Gasteiger partial charge in [-0.15, -0.1) is 11.8 Å². The number of para-hydroxylation sites is 1. The highest BCUT2D eigenvalue weighted by atomic mass is 32.2. The number of anilines is 2. The Morgan fingerprint density at radius 2 is 1.76 bits per heavy atom. The molecule has 0 N–H and O–H groups in total. The third kappa shape index (κ3) is 3.82. The van der Waals surface area contributed by atoms with Gasteiger partial charge in [0.25, 0.3) is 5.91 Å². The number of fused-ring (bicyclic) bond motifs is 2. The first kappa shape index (κ1) is 19.4. The molecule has 3 nitrogen and oxygen atoms in total. The Kier molecular flexibility index (Phi) is 5.48. The minimum Gasteiger partial charge on any atom is -0.274 e. The normalized spacial score (nSPS) is 12.7. The van der Waals surface area contributed by atoms with E-state index in [4.69, 9.17) is 0 Å². The van der Waals surface area contributed by atoms with Crippen molar-refractivity contribution < 1.29 is 4.79 Å². The second-order valence-corrected chi connectivity index (χ2v) is 8.59. The van der Waals surface area contributed by atoms with Crippen LogP contribution in [-0.4, -0.2) is 12.2 Å². The number of amides is 1. The van der Waals surface area contributed by atoms with Crippen LogP contribution in [0.4, 0.5) is 11.4 Å². The molecule has 1 aliphatic heterocycles. The number of benzene rings is 3. The summed E-state index contributed by atoms with van der Waals surface area (Å²) in [4.78, 5) is 18.3. The summed E-state index contributed by atoms with van der Waals surface area (Å²) in [6, 6.07) is 23.8. The van der Waals surface area contributed by atoms with Crippen LogP contribution in [0.25, 0.3) is 6.08 Å². The molecule has 0 atom stereocenters. The summed E-state index contributed by atoms with van der Waals surface area (Å²) >= 11 is 3.27. The molecule has 0 aliphatic carbocycles. The van der Waals surface area contributed by atoms with E-state index >= 15 is 0 Å². The Morgan fingerprint density at radius 3 is 2.48 bits per heavy atom. The second kappa shape index (κ2) is 8.20. The van der Waals surface area contributed by atoms with Crippen molar-refractivity contribution >= 4 is 46.9 Å². The molecule has 0 bridgehead atoms. The highest BCUT2D eigenvalue weighted by Gasteiger charge is 2.30. The Hall–Kier alpha value is -2.94. The van der Waals surface area contributed by atoms with E-state index in [1.807, 2.05) is 73.8 Å². The minimum absolute atomic E-state index is 0.107. The SMILES string of the molecule is CSc1ccc2c(c1)N(C(=O)/C(C#N)=C/c1ccc(C)cc1)c1ccccc1S2. The van der Waals surface area contributed by atoms with E-state index in [9.17, 15) is 10.1 Å². The van der Waals surface area contributed by atoms with E-state index in [-0.39, 0.29) is 11.5 Å². The Bertz CT molecular complexity index is 1160. The van der Waals surface area contributed by atoms with Crippen LogP contribution in [0.2, 0.25) is 0 Å². The van der Waals surface area contributed by atoms with Gasteiger partial charge in [0.15, 0.2) is 0 Å². The van der Waals surface area contributed by atoms with Crippen LogP contribution in [0.1, 0.15) is 11.1 Å². The van der Waals surface area contributed by atoms with Crippen LogP contribution in [0.5, 0.6) is 0 Å². The molecule has 1 aliphatic rings. The first-order valence-electron chi connectivity index (χ1n) is 9.08. The van der Waals surface area contributed by atoms with Gasteiger partial charge in [-0.2, -0.15) is 5.26 Å². The maximum Gasteiger partial charge on any atom is 0.273 e. The largest absolute Gasteiger partial charge is 0.274 e. The van der Waals surface area contributed by atoms with Crippen LogP contribution in [0.3, 0.4) is 0 Å². The molecular formula is C24H18N2OS2. The molecule has 5 heteroatoms. The Balaban J connectivity index is 1.83. The van der Waals surface area contributed by atoms with Crippen LogP contribution in [0, 0.1) is 18.3 Å². The number of nitriles is 1. The average molecular weight is 415 g/mol. The smallest absolute Gasteiger partial charge is 0.273 e. The maximum absolute atomic E-state index is 13.5. The van der Waals surface area contributed by atoms with Gasteiger partial charge in [0, 0.05) is 14.7 Å². The summed E-state index contributed by atoms with van der Waals surface area (Å²) in [6.07, 6.45) is 3.67. The lowest BCUT2D eigenvalue weighted by Crippen LogP contribution is -2.29. The van der Waals surface area contributed by atoms with Crippen LogP contribution < -0.4 is 4.90 Å². The lowest BCUT2D eigenvalue weighted by molar-refractivity contribution is -0.114. The molecule has 142 valence electrons. The lowest BCUT2D eigenvalue weighted by Gasteiger charge is -2.31. The quantitative estimate of drug-likeness (QED) is 0.280. The molecule has 0 fully saturated rings. The predicted molar refractivity (Wildman–Crippen MR) is 121 cm³/mol. The van der Waals surface area contributed by atoms with Gasteiger partial charge in [0.05, 0.1) is 11.4 Å². The fourth-order valence-electron chi connectivity index (χ4n) is 3.17. The number of thioether (sulfide) groups is 1. The van der Waals surface area contributed by atoms with E-state index in [2.05, 4.69) is 12.1 Å². The first-order chi connectivity index (χ1) is 14.1. The lowest BCUT2D eigenvalue weighted by atomic mass is 10.1. The van der Waals surface area contributed by atoms with E-state index in [0.29, 0.717) is 0 Å². The van der Waals surface area contributed by atoms with Crippen LogP contribution >= 0.6 is 23.5 Å². The second-order valence-electron chi connectivity index (χ2n) is 6.62. The van der Waals surface area contributed by atoms with E-state index < -0.39 is 0 Å². The zero-order valence-corrected chi connectivity index (χ0v) is 17.7. The summed E-state index contributed by atoms with van der Waals surface area (Å²) in [5, 5.41) is 9.76. The van der Waals surface area contributed by atoms with Gasteiger partial charge in [0.2, 0.25) is 0 Å². The zero-order valence-electron chi connectivity index (χ0n) is 16.0. The van der Waals surface area contributed by atoms with Gasteiger partial charge in [-0.25, -0.2) is 0 Å². The topological polar surface area (TPSA) is 44.1 Å². The molecule has 0 saturated carbocycles. The molecule has 0 spiro atoms. The van der Waals surface area contributed by atoms with E-state index in [0.717, 1.165) is 37.2 Å². The number of carbonyl (C=O) groups excluding carboxylic acids is 1. The van der Waals surface area contributed by atoms with Crippen molar-refractivity contribution in [3.8, 4) is 6.07 Å². The fraction of sp³-hybridized carbons (Fsp3) is 0.0833. The molecule has 3 aromatic carbocycles. The number of rotatable bonds is 3. The molecule has 1 heterocycles. The number of aryl methyl sites for hydroxylation is 1. The van der Waals surface area contributed by atoms with Crippen molar-refractivity contribution in [3.63, 3.8) is 0 Å². The van der Waals surface area contributed by atoms with Gasteiger partial charge >= 0.3 is 0 Å². The molecular weight excluding hydrogens is 396 g/mol. The molecule has 0 saturated heterocycles. The molecule has 0 aromatic heterocycles. The number of hydrogen-bond acceptors (Lipinski definition) is 4. The van der Waals surface area contributed by atoms with E-state index in [1.54, 1.807) is 34.5 Å². The van der Waals surface area contributed by atoms with E-state index in [1.165, 1.54) is 0 Å². The van der Waals surface area contributed by atoms with Gasteiger partial charge in [-0.1, -0.05) is 53.7 Å². The number of hydrogen-bond donors (Lipinski definition) is 0. The third-order valence-electron chi connectivity index (χ3n) is 4.68. The van der Waals surface area contributed by atoms with Crippen molar-refractivity contribution in [2.75, 3.05) is 11.2 Å². The summed E-state index contributed by atoms with van der Waals surface area (Å²) in [5.74, 6) is -0.319. The molecule has 0 radical (unpaired) electrons. The van der Waals surface area contributed by atoms with Gasteiger partial charge in [-0.3, -0.25) is 9.69 Å². The molecule has 4 rings (SSSR count).